The van der Waals surface area contributed by atoms with Crippen molar-refractivity contribution in [1.29, 1.82) is 5.26 Å². The van der Waals surface area contributed by atoms with Crippen molar-refractivity contribution in [1.82, 2.24) is 25.5 Å². The second-order valence-corrected chi connectivity index (χ2v) is 3.16. The molecule has 2 aromatic rings. The lowest BCUT2D eigenvalue weighted by atomic mass is 10.2. The van der Waals surface area contributed by atoms with Crippen LogP contribution in [0.25, 0.3) is 0 Å². The molecule has 17 heavy (non-hydrogen) atoms. The van der Waals surface area contributed by atoms with Gasteiger partial charge in [0.1, 0.15) is 23.9 Å². The molecule has 0 fully saturated rings. The van der Waals surface area contributed by atoms with Crippen molar-refractivity contribution >= 4 is 5.91 Å². The molecule has 0 aliphatic heterocycles. The van der Waals surface area contributed by atoms with Gasteiger partial charge >= 0.3 is 0 Å². The number of nitrogens with zero attached hydrogens (tertiary/aromatic N) is 4. The van der Waals surface area contributed by atoms with E-state index in [9.17, 15) is 4.79 Å². The molecule has 0 atom stereocenters. The predicted molar refractivity (Wildman–Crippen MR) is 56.5 cm³/mol. The van der Waals surface area contributed by atoms with Gasteiger partial charge in [-0.2, -0.15) is 10.4 Å². The molecule has 0 radical (unpaired) electrons. The number of nitrogens with one attached hydrogen (secondary N) is 2. The van der Waals surface area contributed by atoms with Crippen molar-refractivity contribution in [2.75, 3.05) is 0 Å². The highest BCUT2D eigenvalue weighted by Crippen LogP contribution is 1.99. The normalized spacial score (nSPS) is 9.59. The smallest absolute Gasteiger partial charge is 0.270 e. The van der Waals surface area contributed by atoms with E-state index in [0.717, 1.165) is 0 Å². The molecule has 0 bridgehead atoms. The molecular weight excluding hydrogens is 220 g/mol. The molecule has 2 rings (SSSR count). The largest absolute Gasteiger partial charge is 0.343 e. The molecule has 2 heterocycles. The minimum atomic E-state index is -0.328. The second kappa shape index (κ2) is 4.85. The number of aromatic nitrogens is 4. The Morgan fingerprint density at radius 2 is 2.35 bits per heavy atom. The average Bonchev–Trinajstić information content (AvgIpc) is 2.89. The Bertz CT molecular complexity index is 539. The third kappa shape index (κ3) is 2.63. The summed E-state index contributed by atoms with van der Waals surface area (Å²) in [5.41, 5.74) is 0.667. The maximum atomic E-state index is 11.6. The van der Waals surface area contributed by atoms with Gasteiger partial charge < -0.3 is 5.32 Å². The molecule has 0 spiro atoms. The van der Waals surface area contributed by atoms with Crippen LogP contribution in [0.4, 0.5) is 0 Å². The Labute approximate surface area is 96.5 Å². The van der Waals surface area contributed by atoms with E-state index < -0.39 is 0 Å². The average molecular weight is 228 g/mol. The van der Waals surface area contributed by atoms with E-state index in [0.29, 0.717) is 11.4 Å². The van der Waals surface area contributed by atoms with Crippen LogP contribution in [0.15, 0.2) is 24.7 Å². The molecule has 2 aromatic heterocycles. The van der Waals surface area contributed by atoms with Crippen LogP contribution in [-0.2, 0) is 6.54 Å². The summed E-state index contributed by atoms with van der Waals surface area (Å²) in [6, 6.07) is 4.96. The van der Waals surface area contributed by atoms with Crippen LogP contribution in [0.5, 0.6) is 0 Å². The third-order valence-corrected chi connectivity index (χ3v) is 2.01. The predicted octanol–water partition coefficient (Wildman–Crippen LogP) is 0.00138. The quantitative estimate of drug-likeness (QED) is 0.768. The summed E-state index contributed by atoms with van der Waals surface area (Å²) in [5, 5.41) is 17.5. The summed E-state index contributed by atoms with van der Waals surface area (Å²) in [6.07, 6.45) is 2.71. The van der Waals surface area contributed by atoms with Crippen LogP contribution in [0, 0.1) is 11.3 Å². The lowest BCUT2D eigenvalue weighted by Crippen LogP contribution is -2.24. The van der Waals surface area contributed by atoms with Gasteiger partial charge in [0.05, 0.1) is 12.1 Å². The first-order valence-corrected chi connectivity index (χ1v) is 4.78. The summed E-state index contributed by atoms with van der Waals surface area (Å²) in [5.74, 6) is 0.234. The van der Waals surface area contributed by atoms with Crippen LogP contribution >= 0.6 is 0 Å². The number of aromatic amines is 1. The van der Waals surface area contributed by atoms with Gasteiger partial charge in [-0.3, -0.25) is 9.89 Å². The van der Waals surface area contributed by atoms with Crippen molar-refractivity contribution in [3.05, 3.63) is 41.7 Å². The Morgan fingerprint density at radius 1 is 1.47 bits per heavy atom. The first-order valence-electron chi connectivity index (χ1n) is 4.78. The molecule has 0 aliphatic carbocycles. The number of pyridine rings is 1. The molecule has 0 saturated carbocycles. The molecule has 0 aromatic carbocycles. The van der Waals surface area contributed by atoms with E-state index in [4.69, 9.17) is 5.26 Å². The minimum absolute atomic E-state index is 0.251. The van der Waals surface area contributed by atoms with Gasteiger partial charge in [0.2, 0.25) is 0 Å². The lowest BCUT2D eigenvalue weighted by Gasteiger charge is -2.01. The molecular formula is C10H8N6O. The number of amides is 1. The first kappa shape index (κ1) is 10.8. The van der Waals surface area contributed by atoms with Crippen molar-refractivity contribution in [3.63, 3.8) is 0 Å². The van der Waals surface area contributed by atoms with E-state index in [1.54, 1.807) is 0 Å². The zero-order valence-electron chi connectivity index (χ0n) is 8.71. The number of hydrogen-bond acceptors (Lipinski definition) is 5. The number of nitriles is 1. The van der Waals surface area contributed by atoms with Crippen LogP contribution in [-0.4, -0.2) is 26.1 Å². The summed E-state index contributed by atoms with van der Waals surface area (Å²) < 4.78 is 0. The molecule has 0 saturated heterocycles. The summed E-state index contributed by atoms with van der Waals surface area (Å²) in [6.45, 7) is 0.251. The topological polar surface area (TPSA) is 107 Å². The Kier molecular flexibility index (Phi) is 3.07. The van der Waals surface area contributed by atoms with E-state index in [-0.39, 0.29) is 18.1 Å². The van der Waals surface area contributed by atoms with E-state index >= 15 is 0 Å². The standard InChI is InChI=1S/C10H8N6O/c11-3-7-1-2-8(12-4-7)10(17)13-5-9-14-6-15-16-9/h1-2,4,6H,5H2,(H,13,17)(H,14,15,16). The van der Waals surface area contributed by atoms with Gasteiger partial charge in [-0.05, 0) is 12.1 Å². The van der Waals surface area contributed by atoms with E-state index in [1.165, 1.54) is 24.7 Å². The maximum Gasteiger partial charge on any atom is 0.270 e. The Balaban J connectivity index is 1.97. The van der Waals surface area contributed by atoms with Crippen LogP contribution in [0.3, 0.4) is 0 Å². The molecule has 0 aliphatic rings. The van der Waals surface area contributed by atoms with Gasteiger partial charge in [-0.25, -0.2) is 9.97 Å². The monoisotopic (exact) mass is 228 g/mol. The van der Waals surface area contributed by atoms with Crippen molar-refractivity contribution in [2.45, 2.75) is 6.54 Å². The van der Waals surface area contributed by atoms with Crippen molar-refractivity contribution in [2.24, 2.45) is 0 Å². The zero-order valence-corrected chi connectivity index (χ0v) is 8.71. The maximum absolute atomic E-state index is 11.6. The van der Waals surface area contributed by atoms with Gasteiger partial charge in [0, 0.05) is 6.20 Å². The molecule has 2 N–H and O–H groups in total. The minimum Gasteiger partial charge on any atom is -0.343 e. The molecule has 7 nitrogen and oxygen atoms in total. The number of H-pyrrole nitrogens is 1. The SMILES string of the molecule is N#Cc1ccc(C(=O)NCc2ncn[nH]2)nc1. The van der Waals surface area contributed by atoms with E-state index in [1.807, 2.05) is 6.07 Å². The highest BCUT2D eigenvalue weighted by atomic mass is 16.1. The van der Waals surface area contributed by atoms with Crippen LogP contribution < -0.4 is 5.32 Å². The number of carbonyl (C=O) groups excluding carboxylic acids is 1. The van der Waals surface area contributed by atoms with Crippen molar-refractivity contribution in [3.8, 4) is 6.07 Å². The number of hydrogen-bond donors (Lipinski definition) is 2. The van der Waals surface area contributed by atoms with Crippen LogP contribution in [0.1, 0.15) is 21.9 Å². The summed E-state index contributed by atoms with van der Waals surface area (Å²) in [7, 11) is 0. The molecule has 1 amide bonds. The van der Waals surface area contributed by atoms with Crippen LogP contribution in [0.2, 0.25) is 0 Å². The highest BCUT2D eigenvalue weighted by molar-refractivity contribution is 5.92. The molecule has 0 unspecified atom stereocenters. The Hall–Kier alpha value is -2.75. The second-order valence-electron chi connectivity index (χ2n) is 3.16. The number of rotatable bonds is 3. The number of carbonyl (C=O) groups is 1. The first-order chi connectivity index (χ1) is 8.29. The third-order valence-electron chi connectivity index (χ3n) is 2.01. The highest BCUT2D eigenvalue weighted by Gasteiger charge is 2.07. The molecule has 7 heteroatoms. The fraction of sp³-hybridized carbons (Fsp3) is 0.100. The Morgan fingerprint density at radius 3 is 2.94 bits per heavy atom. The van der Waals surface area contributed by atoms with Crippen molar-refractivity contribution < 1.29 is 4.79 Å². The van der Waals surface area contributed by atoms with Gasteiger partial charge in [0.15, 0.2) is 0 Å². The zero-order chi connectivity index (χ0) is 12.1. The van der Waals surface area contributed by atoms with Gasteiger partial charge in [-0.15, -0.1) is 0 Å². The lowest BCUT2D eigenvalue weighted by molar-refractivity contribution is 0.0945. The fourth-order valence-corrected chi connectivity index (χ4v) is 1.16. The van der Waals surface area contributed by atoms with E-state index in [2.05, 4.69) is 25.5 Å². The van der Waals surface area contributed by atoms with Gasteiger partial charge in [-0.1, -0.05) is 0 Å². The summed E-state index contributed by atoms with van der Waals surface area (Å²) >= 11 is 0. The van der Waals surface area contributed by atoms with Gasteiger partial charge in [0.25, 0.3) is 5.91 Å². The fourth-order valence-electron chi connectivity index (χ4n) is 1.16. The summed E-state index contributed by atoms with van der Waals surface area (Å²) in [4.78, 5) is 19.4. The molecule has 84 valence electrons.